The molecule has 1 aromatic carbocycles. The maximum absolute atomic E-state index is 5.88. The van der Waals surface area contributed by atoms with Crippen molar-refractivity contribution in [1.29, 1.82) is 0 Å². The van der Waals surface area contributed by atoms with Crippen molar-refractivity contribution in [3.05, 3.63) is 54.4 Å². The first-order valence-electron chi connectivity index (χ1n) is 8.28. The molecule has 4 aromatic rings. The number of aromatic amines is 1. The molecular formula is C20H19N3O2. The van der Waals surface area contributed by atoms with E-state index in [4.69, 9.17) is 9.15 Å². The van der Waals surface area contributed by atoms with Crippen LogP contribution in [0.25, 0.3) is 33.9 Å². The first-order valence-corrected chi connectivity index (χ1v) is 8.28. The summed E-state index contributed by atoms with van der Waals surface area (Å²) in [5.74, 6) is 2.44. The average Bonchev–Trinajstić information content (AvgIpc) is 3.24. The summed E-state index contributed by atoms with van der Waals surface area (Å²) in [5, 5.41) is 0. The van der Waals surface area contributed by atoms with Crippen molar-refractivity contribution in [2.45, 2.75) is 26.9 Å². The SMILES string of the molecule is Cc1c(OC(C)C)cccc1-c1nc2ncc(-c3ccco3)cc2[nH]1. The van der Waals surface area contributed by atoms with Crippen LogP contribution >= 0.6 is 0 Å². The van der Waals surface area contributed by atoms with Gasteiger partial charge in [0.05, 0.1) is 17.9 Å². The van der Waals surface area contributed by atoms with E-state index in [9.17, 15) is 0 Å². The molecule has 0 aliphatic rings. The number of imidazole rings is 1. The molecule has 25 heavy (non-hydrogen) atoms. The fraction of sp³-hybridized carbons (Fsp3) is 0.200. The van der Waals surface area contributed by atoms with Crippen LogP contribution in [0.4, 0.5) is 0 Å². The molecule has 4 rings (SSSR count). The van der Waals surface area contributed by atoms with Gasteiger partial charge in [0.2, 0.25) is 0 Å². The maximum atomic E-state index is 5.88. The fourth-order valence-corrected chi connectivity index (χ4v) is 2.86. The minimum Gasteiger partial charge on any atom is -0.491 e. The molecule has 0 radical (unpaired) electrons. The topological polar surface area (TPSA) is 63.9 Å². The van der Waals surface area contributed by atoms with E-state index >= 15 is 0 Å². The predicted molar refractivity (Wildman–Crippen MR) is 97.5 cm³/mol. The van der Waals surface area contributed by atoms with Crippen molar-refractivity contribution in [2.24, 2.45) is 0 Å². The molecule has 0 spiro atoms. The number of nitrogens with one attached hydrogen (secondary N) is 1. The second kappa shape index (κ2) is 6.09. The molecule has 0 aliphatic heterocycles. The highest BCUT2D eigenvalue weighted by Crippen LogP contribution is 2.30. The lowest BCUT2D eigenvalue weighted by molar-refractivity contribution is 0.241. The zero-order valence-corrected chi connectivity index (χ0v) is 14.4. The van der Waals surface area contributed by atoms with Crippen molar-refractivity contribution in [3.8, 4) is 28.5 Å². The van der Waals surface area contributed by atoms with Gasteiger partial charge >= 0.3 is 0 Å². The van der Waals surface area contributed by atoms with Gasteiger partial charge in [0, 0.05) is 22.9 Å². The number of benzene rings is 1. The highest BCUT2D eigenvalue weighted by molar-refractivity contribution is 5.80. The molecule has 0 aliphatic carbocycles. The molecule has 0 unspecified atom stereocenters. The first-order chi connectivity index (χ1) is 12.1. The van der Waals surface area contributed by atoms with Crippen LogP contribution in [0.15, 0.2) is 53.3 Å². The fourth-order valence-electron chi connectivity index (χ4n) is 2.86. The molecule has 5 nitrogen and oxygen atoms in total. The Labute approximate surface area is 145 Å². The quantitative estimate of drug-likeness (QED) is 0.572. The molecule has 5 heteroatoms. The van der Waals surface area contributed by atoms with Gasteiger partial charge in [0.15, 0.2) is 5.65 Å². The van der Waals surface area contributed by atoms with Crippen LogP contribution in [-0.4, -0.2) is 21.1 Å². The van der Waals surface area contributed by atoms with Crippen LogP contribution < -0.4 is 4.74 Å². The standard InChI is InChI=1S/C20H19N3O2/c1-12(2)25-17-7-4-6-15(13(17)3)19-22-16-10-14(11-21-20(16)23-19)18-8-5-9-24-18/h4-12H,1-3H3,(H,21,22,23). The number of H-pyrrole nitrogens is 1. The van der Waals surface area contributed by atoms with E-state index in [1.165, 1.54) is 0 Å². The largest absolute Gasteiger partial charge is 0.491 e. The monoisotopic (exact) mass is 333 g/mol. The lowest BCUT2D eigenvalue weighted by Gasteiger charge is -2.14. The summed E-state index contributed by atoms with van der Waals surface area (Å²) in [5.41, 5.74) is 4.54. The maximum Gasteiger partial charge on any atom is 0.178 e. The summed E-state index contributed by atoms with van der Waals surface area (Å²) in [6.45, 7) is 6.09. The molecule has 0 saturated heterocycles. The lowest BCUT2D eigenvalue weighted by atomic mass is 10.1. The number of aromatic nitrogens is 3. The van der Waals surface area contributed by atoms with Crippen molar-refractivity contribution in [1.82, 2.24) is 15.0 Å². The number of ether oxygens (including phenoxy) is 1. The molecular weight excluding hydrogens is 314 g/mol. The minimum atomic E-state index is 0.127. The summed E-state index contributed by atoms with van der Waals surface area (Å²) in [6.07, 6.45) is 3.56. The van der Waals surface area contributed by atoms with E-state index in [2.05, 4.69) is 15.0 Å². The van der Waals surface area contributed by atoms with Crippen molar-refractivity contribution < 1.29 is 9.15 Å². The highest BCUT2D eigenvalue weighted by atomic mass is 16.5. The molecule has 0 atom stereocenters. The third kappa shape index (κ3) is 2.89. The van der Waals surface area contributed by atoms with E-state index in [-0.39, 0.29) is 6.10 Å². The third-order valence-electron chi connectivity index (χ3n) is 4.05. The zero-order chi connectivity index (χ0) is 17.4. The Balaban J connectivity index is 1.77. The van der Waals surface area contributed by atoms with Crippen LogP contribution in [0.5, 0.6) is 5.75 Å². The Morgan fingerprint density at radius 3 is 2.80 bits per heavy atom. The Hall–Kier alpha value is -3.08. The van der Waals surface area contributed by atoms with Crippen LogP contribution in [0, 0.1) is 6.92 Å². The number of furan rings is 1. The van der Waals surface area contributed by atoms with E-state index in [0.717, 1.165) is 39.5 Å². The minimum absolute atomic E-state index is 0.127. The van der Waals surface area contributed by atoms with Crippen LogP contribution in [0.3, 0.4) is 0 Å². The second-order valence-electron chi connectivity index (χ2n) is 6.25. The van der Waals surface area contributed by atoms with Crippen LogP contribution in [0.2, 0.25) is 0 Å². The Morgan fingerprint density at radius 2 is 2.04 bits per heavy atom. The molecule has 0 saturated carbocycles. The third-order valence-corrected chi connectivity index (χ3v) is 4.05. The van der Waals surface area contributed by atoms with Gasteiger partial charge in [-0.05, 0) is 45.0 Å². The molecule has 0 fully saturated rings. The van der Waals surface area contributed by atoms with E-state index in [0.29, 0.717) is 5.65 Å². The first kappa shape index (κ1) is 15.4. The van der Waals surface area contributed by atoms with Gasteiger partial charge in [-0.15, -0.1) is 0 Å². The van der Waals surface area contributed by atoms with Gasteiger partial charge in [-0.25, -0.2) is 9.97 Å². The van der Waals surface area contributed by atoms with Crippen molar-refractivity contribution in [3.63, 3.8) is 0 Å². The Kier molecular flexibility index (Phi) is 3.76. The molecule has 3 heterocycles. The van der Waals surface area contributed by atoms with Crippen molar-refractivity contribution in [2.75, 3.05) is 0 Å². The van der Waals surface area contributed by atoms with Gasteiger partial charge in [-0.1, -0.05) is 12.1 Å². The number of fused-ring (bicyclic) bond motifs is 1. The van der Waals surface area contributed by atoms with E-state index < -0.39 is 0 Å². The Morgan fingerprint density at radius 1 is 1.16 bits per heavy atom. The van der Waals surface area contributed by atoms with Crippen LogP contribution in [0.1, 0.15) is 19.4 Å². The van der Waals surface area contributed by atoms with E-state index in [1.54, 1.807) is 12.5 Å². The number of rotatable bonds is 4. The van der Waals surface area contributed by atoms with Gasteiger partial charge in [0.1, 0.15) is 17.3 Å². The number of nitrogens with zero attached hydrogens (tertiary/aromatic N) is 2. The molecule has 126 valence electrons. The summed E-state index contributed by atoms with van der Waals surface area (Å²) in [4.78, 5) is 12.4. The lowest BCUT2D eigenvalue weighted by Crippen LogP contribution is -2.07. The average molecular weight is 333 g/mol. The van der Waals surface area contributed by atoms with Crippen LogP contribution in [-0.2, 0) is 0 Å². The number of pyridine rings is 1. The predicted octanol–water partition coefficient (Wildman–Crippen LogP) is 4.98. The van der Waals surface area contributed by atoms with Crippen molar-refractivity contribution >= 4 is 11.2 Å². The molecule has 3 aromatic heterocycles. The smallest absolute Gasteiger partial charge is 0.178 e. The molecule has 0 bridgehead atoms. The Bertz CT molecular complexity index is 1020. The number of hydrogen-bond donors (Lipinski definition) is 1. The number of hydrogen-bond acceptors (Lipinski definition) is 4. The second-order valence-corrected chi connectivity index (χ2v) is 6.25. The summed E-state index contributed by atoms with van der Waals surface area (Å²) in [6, 6.07) is 11.8. The summed E-state index contributed by atoms with van der Waals surface area (Å²) in [7, 11) is 0. The summed E-state index contributed by atoms with van der Waals surface area (Å²) < 4.78 is 11.3. The van der Waals surface area contributed by atoms with Gasteiger partial charge in [-0.3, -0.25) is 0 Å². The van der Waals surface area contributed by atoms with Gasteiger partial charge in [0.25, 0.3) is 0 Å². The normalized spacial score (nSPS) is 11.4. The van der Waals surface area contributed by atoms with Gasteiger partial charge in [-0.2, -0.15) is 0 Å². The van der Waals surface area contributed by atoms with E-state index in [1.807, 2.05) is 57.2 Å². The zero-order valence-electron chi connectivity index (χ0n) is 14.4. The van der Waals surface area contributed by atoms with Gasteiger partial charge < -0.3 is 14.1 Å². The summed E-state index contributed by atoms with van der Waals surface area (Å²) >= 11 is 0. The molecule has 0 amide bonds. The highest BCUT2D eigenvalue weighted by Gasteiger charge is 2.13. The molecule has 1 N–H and O–H groups in total.